The highest BCUT2D eigenvalue weighted by Gasteiger charge is 2.35. The summed E-state index contributed by atoms with van der Waals surface area (Å²) in [5.74, 6) is -0.990. The van der Waals surface area contributed by atoms with Crippen LogP contribution in [-0.4, -0.2) is 35.7 Å². The fourth-order valence-electron chi connectivity index (χ4n) is 1.06. The van der Waals surface area contributed by atoms with E-state index in [1.165, 1.54) is 0 Å². The van der Waals surface area contributed by atoms with Gasteiger partial charge in [-0.15, -0.1) is 0 Å². The lowest BCUT2D eigenvalue weighted by Crippen LogP contribution is -2.34. The van der Waals surface area contributed by atoms with Gasteiger partial charge < -0.3 is 15.2 Å². The highest BCUT2D eigenvalue weighted by molar-refractivity contribution is 5.90. The van der Waals surface area contributed by atoms with Crippen LogP contribution in [0, 0.1) is 0 Å². The molecule has 5 heteroatoms. The van der Waals surface area contributed by atoms with Crippen LogP contribution in [0.5, 0.6) is 0 Å². The van der Waals surface area contributed by atoms with Crippen LogP contribution in [0.1, 0.15) is 13.3 Å². The highest BCUT2D eigenvalue weighted by atomic mass is 16.5. The SMILES string of the molecule is CCOC(=O)[C@H]1C[C@@H](O)C(=O)N1. The molecule has 12 heavy (non-hydrogen) atoms. The summed E-state index contributed by atoms with van der Waals surface area (Å²) in [6, 6.07) is -0.674. The third kappa shape index (κ3) is 1.73. The summed E-state index contributed by atoms with van der Waals surface area (Å²) in [7, 11) is 0. The Bertz CT molecular complexity index is 204. The molecule has 1 saturated heterocycles. The molecule has 0 aromatic heterocycles. The van der Waals surface area contributed by atoms with E-state index in [0.29, 0.717) is 0 Å². The van der Waals surface area contributed by atoms with Crippen molar-refractivity contribution in [1.29, 1.82) is 0 Å². The maximum absolute atomic E-state index is 11.0. The lowest BCUT2D eigenvalue weighted by molar-refractivity contribution is -0.145. The number of hydrogen-bond donors (Lipinski definition) is 2. The average Bonchev–Trinajstić information content (AvgIpc) is 2.33. The molecule has 0 aromatic carbocycles. The maximum atomic E-state index is 11.0. The maximum Gasteiger partial charge on any atom is 0.328 e. The molecule has 1 amide bonds. The molecule has 0 radical (unpaired) electrons. The lowest BCUT2D eigenvalue weighted by Gasteiger charge is -2.07. The van der Waals surface area contributed by atoms with E-state index in [1.54, 1.807) is 6.92 Å². The summed E-state index contributed by atoms with van der Waals surface area (Å²) < 4.78 is 4.66. The van der Waals surface area contributed by atoms with Crippen LogP contribution < -0.4 is 5.32 Å². The summed E-state index contributed by atoms with van der Waals surface area (Å²) in [4.78, 5) is 21.7. The predicted molar refractivity (Wildman–Crippen MR) is 39.2 cm³/mol. The number of aliphatic hydroxyl groups is 1. The minimum Gasteiger partial charge on any atom is -0.464 e. The Labute approximate surface area is 69.7 Å². The number of ether oxygens (including phenoxy) is 1. The van der Waals surface area contributed by atoms with E-state index in [0.717, 1.165) is 0 Å². The van der Waals surface area contributed by atoms with Crippen LogP contribution in [0.3, 0.4) is 0 Å². The van der Waals surface area contributed by atoms with E-state index >= 15 is 0 Å². The monoisotopic (exact) mass is 173 g/mol. The molecule has 0 spiro atoms. The Kier molecular flexibility index (Phi) is 2.65. The van der Waals surface area contributed by atoms with Crippen LogP contribution in [0.25, 0.3) is 0 Å². The second-order valence-corrected chi connectivity index (χ2v) is 2.56. The summed E-state index contributed by atoms with van der Waals surface area (Å²) in [5, 5.41) is 11.3. The summed E-state index contributed by atoms with van der Waals surface area (Å²) in [6.07, 6.45) is -0.961. The third-order valence-electron chi connectivity index (χ3n) is 1.65. The van der Waals surface area contributed by atoms with E-state index in [9.17, 15) is 9.59 Å². The van der Waals surface area contributed by atoms with Crippen LogP contribution in [0.2, 0.25) is 0 Å². The van der Waals surface area contributed by atoms with Crippen molar-refractivity contribution in [1.82, 2.24) is 5.32 Å². The van der Waals surface area contributed by atoms with Gasteiger partial charge in [-0.2, -0.15) is 0 Å². The van der Waals surface area contributed by atoms with Crippen molar-refractivity contribution in [3.8, 4) is 0 Å². The van der Waals surface area contributed by atoms with Gasteiger partial charge in [0.25, 0.3) is 0 Å². The molecular formula is C7H11NO4. The minimum atomic E-state index is -1.07. The third-order valence-corrected chi connectivity index (χ3v) is 1.65. The van der Waals surface area contributed by atoms with Crippen molar-refractivity contribution in [2.24, 2.45) is 0 Å². The van der Waals surface area contributed by atoms with Gasteiger partial charge in [0.15, 0.2) is 0 Å². The number of amides is 1. The van der Waals surface area contributed by atoms with Crippen molar-refractivity contribution >= 4 is 11.9 Å². The van der Waals surface area contributed by atoms with Crippen LogP contribution >= 0.6 is 0 Å². The van der Waals surface area contributed by atoms with Crippen LogP contribution in [-0.2, 0) is 14.3 Å². The van der Waals surface area contributed by atoms with Gasteiger partial charge in [-0.25, -0.2) is 4.79 Å². The Balaban J connectivity index is 2.46. The van der Waals surface area contributed by atoms with E-state index in [4.69, 9.17) is 5.11 Å². The molecule has 0 aliphatic carbocycles. The average molecular weight is 173 g/mol. The molecule has 1 rings (SSSR count). The van der Waals surface area contributed by atoms with Gasteiger partial charge in [-0.05, 0) is 6.92 Å². The quantitative estimate of drug-likeness (QED) is 0.514. The first kappa shape index (κ1) is 8.99. The zero-order valence-corrected chi connectivity index (χ0v) is 6.74. The molecule has 5 nitrogen and oxygen atoms in total. The minimum absolute atomic E-state index is 0.109. The number of carbonyl (C=O) groups excluding carboxylic acids is 2. The van der Waals surface area contributed by atoms with Gasteiger partial charge in [0.05, 0.1) is 6.61 Å². The second-order valence-electron chi connectivity index (χ2n) is 2.56. The van der Waals surface area contributed by atoms with Crippen LogP contribution in [0.4, 0.5) is 0 Å². The van der Waals surface area contributed by atoms with Crippen molar-refractivity contribution in [3.05, 3.63) is 0 Å². The van der Waals surface area contributed by atoms with Gasteiger partial charge in [0.1, 0.15) is 12.1 Å². The molecule has 0 unspecified atom stereocenters. The smallest absolute Gasteiger partial charge is 0.328 e. The number of esters is 1. The Morgan fingerprint density at radius 3 is 2.92 bits per heavy atom. The van der Waals surface area contributed by atoms with Gasteiger partial charge >= 0.3 is 5.97 Å². The van der Waals surface area contributed by atoms with Crippen LogP contribution in [0.15, 0.2) is 0 Å². The fourth-order valence-corrected chi connectivity index (χ4v) is 1.06. The van der Waals surface area contributed by atoms with Crippen molar-refractivity contribution in [3.63, 3.8) is 0 Å². The van der Waals surface area contributed by atoms with Crippen molar-refractivity contribution in [2.75, 3.05) is 6.61 Å². The number of rotatable bonds is 2. The van der Waals surface area contributed by atoms with E-state index in [1.807, 2.05) is 0 Å². The number of hydrogen-bond acceptors (Lipinski definition) is 4. The van der Waals surface area contributed by atoms with Crippen molar-refractivity contribution < 1.29 is 19.4 Å². The highest BCUT2D eigenvalue weighted by Crippen LogP contribution is 2.08. The Morgan fingerprint density at radius 2 is 2.50 bits per heavy atom. The zero-order chi connectivity index (χ0) is 9.14. The van der Waals surface area contributed by atoms with Gasteiger partial charge in [0, 0.05) is 6.42 Å². The molecule has 1 heterocycles. The molecule has 2 N–H and O–H groups in total. The summed E-state index contributed by atoms with van der Waals surface area (Å²) in [5.41, 5.74) is 0. The molecule has 2 atom stereocenters. The molecular weight excluding hydrogens is 162 g/mol. The van der Waals surface area contributed by atoms with E-state index in [-0.39, 0.29) is 13.0 Å². The largest absolute Gasteiger partial charge is 0.464 e. The standard InChI is InChI=1S/C7H11NO4/c1-2-12-7(11)4-3-5(9)6(10)8-4/h4-5,9H,2-3H2,1H3,(H,8,10)/t4-,5-/m1/s1. The van der Waals surface area contributed by atoms with Crippen molar-refractivity contribution in [2.45, 2.75) is 25.5 Å². The van der Waals surface area contributed by atoms with Gasteiger partial charge in [0.2, 0.25) is 5.91 Å². The van der Waals surface area contributed by atoms with E-state index < -0.39 is 24.0 Å². The molecule has 1 fully saturated rings. The molecule has 0 saturated carbocycles. The first-order valence-corrected chi connectivity index (χ1v) is 3.80. The first-order chi connectivity index (χ1) is 5.65. The van der Waals surface area contributed by atoms with E-state index in [2.05, 4.69) is 10.1 Å². The molecule has 1 aliphatic rings. The summed E-state index contributed by atoms with van der Waals surface area (Å²) in [6.45, 7) is 1.96. The number of nitrogens with one attached hydrogen (secondary N) is 1. The fraction of sp³-hybridized carbons (Fsp3) is 0.714. The predicted octanol–water partition coefficient (Wildman–Crippen LogP) is -1.20. The molecule has 1 aliphatic heterocycles. The van der Waals surface area contributed by atoms with Gasteiger partial charge in [-0.3, -0.25) is 4.79 Å². The Morgan fingerprint density at radius 1 is 1.83 bits per heavy atom. The molecule has 0 bridgehead atoms. The topological polar surface area (TPSA) is 75.6 Å². The molecule has 0 aromatic rings. The first-order valence-electron chi connectivity index (χ1n) is 3.80. The van der Waals surface area contributed by atoms with Gasteiger partial charge in [-0.1, -0.05) is 0 Å². The lowest BCUT2D eigenvalue weighted by atomic mass is 10.2. The zero-order valence-electron chi connectivity index (χ0n) is 6.74. The normalized spacial score (nSPS) is 28.3. The molecule has 68 valence electrons. The Hall–Kier alpha value is -1.10. The summed E-state index contributed by atoms with van der Waals surface area (Å²) >= 11 is 0. The number of carbonyl (C=O) groups is 2. The number of aliphatic hydroxyl groups excluding tert-OH is 1. The second kappa shape index (κ2) is 3.53.